The molecule has 0 aliphatic heterocycles. The third-order valence-electron chi connectivity index (χ3n) is 1.59. The molecule has 6 heteroatoms. The first-order valence-corrected chi connectivity index (χ1v) is 5.48. The first-order chi connectivity index (χ1) is 5.54. The van der Waals surface area contributed by atoms with Crippen LogP contribution in [0, 0.1) is 0 Å². The number of nitrogens with zero attached hydrogens (tertiary/aromatic N) is 3. The van der Waals surface area contributed by atoms with Crippen molar-refractivity contribution in [1.82, 2.24) is 12.9 Å². The molecular weight excluding hydrogens is 208 g/mol. The highest BCUT2D eigenvalue weighted by atomic mass is 32.2. The zero-order chi connectivity index (χ0) is 9.72. The molecule has 0 amide bonds. The fourth-order valence-electron chi connectivity index (χ4n) is 1.24. The lowest BCUT2D eigenvalue weighted by molar-refractivity contribution is -0.00000383. The number of hydrogen-bond donors (Lipinski definition) is 0. The normalized spacial score (nSPS) is 10.7. The number of halogens is 2. The molecule has 0 saturated heterocycles. The Morgan fingerprint density at radius 1 is 0.857 bits per heavy atom. The quantitative estimate of drug-likeness (QED) is 0.505. The SMILES string of the molecule is CCN(CC)[S+](N(C)C)N(C)C.F.[F-]. The van der Waals surface area contributed by atoms with E-state index in [2.05, 4.69) is 55.0 Å². The summed E-state index contributed by atoms with van der Waals surface area (Å²) >= 11 is 0.134. The Morgan fingerprint density at radius 3 is 1.21 bits per heavy atom. The van der Waals surface area contributed by atoms with Crippen LogP contribution < -0.4 is 4.70 Å². The summed E-state index contributed by atoms with van der Waals surface area (Å²) in [6, 6.07) is 0. The maximum absolute atomic E-state index is 2.44. The predicted octanol–water partition coefficient (Wildman–Crippen LogP) is -2.03. The van der Waals surface area contributed by atoms with Crippen LogP contribution in [0.2, 0.25) is 0 Å². The van der Waals surface area contributed by atoms with Gasteiger partial charge in [0.2, 0.25) is 0 Å². The van der Waals surface area contributed by atoms with E-state index in [0.29, 0.717) is 0 Å². The van der Waals surface area contributed by atoms with E-state index in [1.807, 2.05) is 0 Å². The Kier molecular flexibility index (Phi) is 13.5. The van der Waals surface area contributed by atoms with Crippen molar-refractivity contribution in [1.29, 1.82) is 0 Å². The molecule has 0 heterocycles. The lowest BCUT2D eigenvalue weighted by Crippen LogP contribution is -3.00. The van der Waals surface area contributed by atoms with Gasteiger partial charge < -0.3 is 4.70 Å². The molecule has 0 aromatic rings. The van der Waals surface area contributed by atoms with Crippen LogP contribution in [0.15, 0.2) is 0 Å². The second kappa shape index (κ2) is 9.64. The second-order valence-corrected chi connectivity index (χ2v) is 5.45. The van der Waals surface area contributed by atoms with Gasteiger partial charge in [-0.2, -0.15) is 0 Å². The van der Waals surface area contributed by atoms with Crippen molar-refractivity contribution in [2.24, 2.45) is 0 Å². The van der Waals surface area contributed by atoms with Crippen LogP contribution in [0.25, 0.3) is 0 Å². The van der Waals surface area contributed by atoms with E-state index in [9.17, 15) is 0 Å². The zero-order valence-corrected chi connectivity index (χ0v) is 10.8. The van der Waals surface area contributed by atoms with Gasteiger partial charge in [0.25, 0.3) is 11.5 Å². The van der Waals surface area contributed by atoms with Crippen molar-refractivity contribution in [2.45, 2.75) is 13.8 Å². The summed E-state index contributed by atoms with van der Waals surface area (Å²) in [7, 11) is 8.51. The van der Waals surface area contributed by atoms with Gasteiger partial charge >= 0.3 is 0 Å². The minimum Gasteiger partial charge on any atom is -1.00 e. The van der Waals surface area contributed by atoms with Crippen molar-refractivity contribution in [3.05, 3.63) is 0 Å². The molecule has 0 rings (SSSR count). The van der Waals surface area contributed by atoms with E-state index in [4.69, 9.17) is 0 Å². The predicted molar refractivity (Wildman–Crippen MR) is 60.2 cm³/mol. The third kappa shape index (κ3) is 5.74. The Labute approximate surface area is 89.5 Å². The summed E-state index contributed by atoms with van der Waals surface area (Å²) in [4.78, 5) is 0. The molecule has 0 atom stereocenters. The molecule has 0 aromatic heterocycles. The van der Waals surface area contributed by atoms with Crippen LogP contribution in [-0.2, 0) is 11.5 Å². The third-order valence-corrected chi connectivity index (χ3v) is 3.87. The number of rotatable bonds is 5. The van der Waals surface area contributed by atoms with Gasteiger partial charge in [-0.15, -0.1) is 0 Å². The maximum atomic E-state index is 2.44. The lowest BCUT2D eigenvalue weighted by Gasteiger charge is -2.24. The van der Waals surface area contributed by atoms with Crippen molar-refractivity contribution in [3.63, 3.8) is 0 Å². The van der Waals surface area contributed by atoms with Crippen molar-refractivity contribution in [2.75, 3.05) is 41.3 Å². The van der Waals surface area contributed by atoms with Gasteiger partial charge in [0.05, 0.1) is 0 Å². The van der Waals surface area contributed by atoms with Gasteiger partial charge in [0.1, 0.15) is 0 Å². The first-order valence-electron chi connectivity index (χ1n) is 4.38. The van der Waals surface area contributed by atoms with E-state index in [0.717, 1.165) is 13.1 Å². The highest BCUT2D eigenvalue weighted by molar-refractivity contribution is 7.90. The molecule has 90 valence electrons. The molecule has 0 radical (unpaired) electrons. The van der Waals surface area contributed by atoms with E-state index in [1.54, 1.807) is 0 Å². The smallest absolute Gasteiger partial charge is 0.266 e. The summed E-state index contributed by atoms with van der Waals surface area (Å²) in [6.45, 7) is 6.62. The van der Waals surface area contributed by atoms with Crippen LogP contribution >= 0.6 is 0 Å². The lowest BCUT2D eigenvalue weighted by atomic mass is 10.7. The monoisotopic (exact) mass is 231 g/mol. The Hall–Kier alpha value is 0.0900. The average molecular weight is 231 g/mol. The van der Waals surface area contributed by atoms with Gasteiger partial charge in [-0.3, -0.25) is 4.70 Å². The van der Waals surface area contributed by atoms with Gasteiger partial charge in [0, 0.05) is 41.3 Å². The minimum absolute atomic E-state index is 0. The first kappa shape index (κ1) is 19.6. The maximum Gasteiger partial charge on any atom is 0.266 e. The Morgan fingerprint density at radius 2 is 1.14 bits per heavy atom. The van der Waals surface area contributed by atoms with Crippen LogP contribution in [0.3, 0.4) is 0 Å². The number of hydrogen-bond acceptors (Lipinski definition) is 3. The highest BCUT2D eigenvalue weighted by Crippen LogP contribution is 2.09. The summed E-state index contributed by atoms with van der Waals surface area (Å²) in [6.07, 6.45) is 0. The summed E-state index contributed by atoms with van der Waals surface area (Å²) in [5, 5.41) is 0. The molecule has 3 nitrogen and oxygen atoms in total. The van der Waals surface area contributed by atoms with Crippen molar-refractivity contribution in [3.8, 4) is 0 Å². The Bertz CT molecular complexity index is 113. The van der Waals surface area contributed by atoms with E-state index < -0.39 is 0 Å². The van der Waals surface area contributed by atoms with Crippen molar-refractivity contribution >= 4 is 11.5 Å². The van der Waals surface area contributed by atoms with E-state index >= 15 is 0 Å². The zero-order valence-electron chi connectivity index (χ0n) is 9.95. The minimum atomic E-state index is 0. The van der Waals surface area contributed by atoms with Gasteiger partial charge in [-0.25, -0.2) is 0 Å². The molecule has 0 unspecified atom stereocenters. The fourth-order valence-corrected chi connectivity index (χ4v) is 3.28. The summed E-state index contributed by atoms with van der Waals surface area (Å²) < 4.78 is 6.96. The van der Waals surface area contributed by atoms with Crippen LogP contribution in [0.4, 0.5) is 4.70 Å². The molecule has 0 fully saturated rings. The summed E-state index contributed by atoms with van der Waals surface area (Å²) in [5.41, 5.74) is 0. The van der Waals surface area contributed by atoms with E-state index in [1.165, 1.54) is 0 Å². The molecular formula is C8H23F2N3S. The summed E-state index contributed by atoms with van der Waals surface area (Å²) in [5.74, 6) is 0. The Balaban J connectivity index is -0.000000605. The standard InChI is InChI=1S/C8H22N3S.2FH/c1-7-11(8-2)12(9(3)4)10(5)6;;/h7-8H2,1-6H3;2*1H/q+1;;/p-1. The molecule has 0 spiro atoms. The van der Waals surface area contributed by atoms with Gasteiger partial charge in [-0.1, -0.05) is 12.9 Å². The van der Waals surface area contributed by atoms with Gasteiger partial charge in [-0.05, 0) is 13.8 Å². The van der Waals surface area contributed by atoms with Crippen LogP contribution in [-0.4, -0.2) is 54.2 Å². The molecule has 0 aliphatic rings. The molecule has 0 saturated carbocycles. The van der Waals surface area contributed by atoms with E-state index in [-0.39, 0.29) is 20.9 Å². The van der Waals surface area contributed by atoms with Crippen LogP contribution in [0.1, 0.15) is 13.8 Å². The van der Waals surface area contributed by atoms with Crippen LogP contribution in [0.5, 0.6) is 0 Å². The van der Waals surface area contributed by atoms with Crippen molar-refractivity contribution < 1.29 is 9.41 Å². The molecule has 0 aliphatic carbocycles. The highest BCUT2D eigenvalue weighted by Gasteiger charge is 2.33. The topological polar surface area (TPSA) is 9.72 Å². The molecule has 14 heavy (non-hydrogen) atoms. The average Bonchev–Trinajstić information content (AvgIpc) is 1.98. The second-order valence-electron chi connectivity index (χ2n) is 2.98. The molecule has 0 N–H and O–H groups in total. The molecule has 0 bridgehead atoms. The fraction of sp³-hybridized carbons (Fsp3) is 1.00. The van der Waals surface area contributed by atoms with Gasteiger partial charge in [0.15, 0.2) is 0 Å². The molecule has 0 aromatic carbocycles. The largest absolute Gasteiger partial charge is 1.00 e.